The van der Waals surface area contributed by atoms with Crippen molar-refractivity contribution in [2.24, 2.45) is 0 Å². The number of carbonyl (C=O) groups is 2. The number of amides is 2. The molecule has 3 aromatic carbocycles. The lowest BCUT2D eigenvalue weighted by Gasteiger charge is -2.31. The zero-order chi connectivity index (χ0) is 24.5. The number of nitrogens with one attached hydrogen (secondary N) is 1. The van der Waals surface area contributed by atoms with Crippen LogP contribution in [-0.4, -0.2) is 44.0 Å². The first-order chi connectivity index (χ1) is 16.4. The summed E-state index contributed by atoms with van der Waals surface area (Å²) in [5.74, 6) is 0.214. The summed E-state index contributed by atoms with van der Waals surface area (Å²) in [4.78, 5) is 28.1. The number of methoxy groups -OCH3 is 2. The van der Waals surface area contributed by atoms with Crippen LogP contribution in [0.2, 0.25) is 0 Å². The Hall–Kier alpha value is -3.87. The number of nitrogens with zero attached hydrogens (tertiary/aromatic N) is 1. The molecule has 0 heterocycles. The molecule has 3 rings (SSSR count). The third-order valence-corrected chi connectivity index (χ3v) is 5.59. The second-order valence-electron chi connectivity index (χ2n) is 7.83. The van der Waals surface area contributed by atoms with E-state index in [1.807, 2.05) is 30.3 Å². The lowest BCUT2D eigenvalue weighted by molar-refractivity contribution is -0.140. The maximum atomic E-state index is 13.6. The molecule has 178 valence electrons. The molecule has 0 radical (unpaired) electrons. The van der Waals surface area contributed by atoms with Crippen LogP contribution < -0.4 is 14.8 Å². The van der Waals surface area contributed by atoms with Crippen molar-refractivity contribution in [3.05, 3.63) is 95.3 Å². The Morgan fingerprint density at radius 1 is 0.882 bits per heavy atom. The molecule has 0 spiro atoms. The molecule has 0 aliphatic carbocycles. The maximum Gasteiger partial charge on any atom is 0.242 e. The van der Waals surface area contributed by atoms with Gasteiger partial charge in [0.05, 0.1) is 20.6 Å². The number of hydrogen-bond acceptors (Lipinski definition) is 4. The Balaban J connectivity index is 1.94. The van der Waals surface area contributed by atoms with E-state index in [1.165, 1.54) is 19.2 Å². The van der Waals surface area contributed by atoms with Gasteiger partial charge < -0.3 is 19.7 Å². The molecule has 0 aliphatic heterocycles. The van der Waals surface area contributed by atoms with Crippen molar-refractivity contribution in [1.29, 1.82) is 0 Å². The van der Waals surface area contributed by atoms with Gasteiger partial charge in [-0.15, -0.1) is 0 Å². The number of likely N-dealkylation sites (N-methyl/N-ethyl adjacent to an activating group) is 1. The molecule has 6 nitrogen and oxygen atoms in total. The van der Waals surface area contributed by atoms with Crippen molar-refractivity contribution >= 4 is 11.8 Å². The summed E-state index contributed by atoms with van der Waals surface area (Å²) in [5, 5.41) is 2.68. The van der Waals surface area contributed by atoms with E-state index in [-0.39, 0.29) is 30.6 Å². The van der Waals surface area contributed by atoms with Crippen LogP contribution in [0.1, 0.15) is 16.7 Å². The third-order valence-electron chi connectivity index (χ3n) is 5.59. The molecule has 0 unspecified atom stereocenters. The van der Waals surface area contributed by atoms with Crippen LogP contribution in [-0.2, 0) is 29.0 Å². The number of rotatable bonds is 10. The van der Waals surface area contributed by atoms with Gasteiger partial charge in [0.2, 0.25) is 11.8 Å². The molecule has 3 aromatic rings. The molecule has 1 N–H and O–H groups in total. The van der Waals surface area contributed by atoms with Crippen LogP contribution in [0.15, 0.2) is 72.8 Å². The van der Waals surface area contributed by atoms with Gasteiger partial charge in [0.1, 0.15) is 11.9 Å². The van der Waals surface area contributed by atoms with Crippen molar-refractivity contribution in [3.8, 4) is 11.5 Å². The molecule has 2 amide bonds. The zero-order valence-electron chi connectivity index (χ0n) is 19.6. The SMILES string of the molecule is CNC(=O)[C@@H](Cc1ccccc1)N(Cc1ccc(F)cc1)C(=O)Cc1ccc(OC)c(OC)c1. The fourth-order valence-corrected chi connectivity index (χ4v) is 3.77. The first-order valence-corrected chi connectivity index (χ1v) is 11.0. The van der Waals surface area contributed by atoms with Gasteiger partial charge in [-0.05, 0) is 41.0 Å². The summed E-state index contributed by atoms with van der Waals surface area (Å²) >= 11 is 0. The Morgan fingerprint density at radius 3 is 2.15 bits per heavy atom. The van der Waals surface area contributed by atoms with Gasteiger partial charge in [0.25, 0.3) is 0 Å². The van der Waals surface area contributed by atoms with Gasteiger partial charge in [0.15, 0.2) is 11.5 Å². The lowest BCUT2D eigenvalue weighted by atomic mass is 10.0. The molecule has 34 heavy (non-hydrogen) atoms. The zero-order valence-corrected chi connectivity index (χ0v) is 19.6. The minimum absolute atomic E-state index is 0.0594. The predicted octanol–water partition coefficient (Wildman–Crippen LogP) is 3.77. The van der Waals surface area contributed by atoms with Crippen molar-refractivity contribution in [2.45, 2.75) is 25.4 Å². The van der Waals surface area contributed by atoms with E-state index < -0.39 is 6.04 Å². The van der Waals surface area contributed by atoms with E-state index in [0.717, 1.165) is 16.7 Å². The largest absolute Gasteiger partial charge is 0.493 e. The van der Waals surface area contributed by atoms with Gasteiger partial charge in [0, 0.05) is 20.0 Å². The number of ether oxygens (including phenoxy) is 2. The Kier molecular flexibility index (Phi) is 8.62. The molecular formula is C27H29FN2O4. The van der Waals surface area contributed by atoms with E-state index in [4.69, 9.17) is 9.47 Å². The monoisotopic (exact) mass is 464 g/mol. The molecular weight excluding hydrogens is 435 g/mol. The summed E-state index contributed by atoms with van der Waals surface area (Å²) in [6.07, 6.45) is 0.406. The van der Waals surface area contributed by atoms with Crippen LogP contribution in [0.3, 0.4) is 0 Å². The highest BCUT2D eigenvalue weighted by atomic mass is 19.1. The van der Waals surface area contributed by atoms with Crippen molar-refractivity contribution < 1.29 is 23.5 Å². The van der Waals surface area contributed by atoms with Crippen LogP contribution in [0.25, 0.3) is 0 Å². The third kappa shape index (κ3) is 6.34. The fourth-order valence-electron chi connectivity index (χ4n) is 3.77. The van der Waals surface area contributed by atoms with Crippen molar-refractivity contribution in [2.75, 3.05) is 21.3 Å². The van der Waals surface area contributed by atoms with E-state index >= 15 is 0 Å². The average Bonchev–Trinajstić information content (AvgIpc) is 2.87. The first-order valence-electron chi connectivity index (χ1n) is 11.0. The maximum absolute atomic E-state index is 13.6. The number of benzene rings is 3. The Morgan fingerprint density at radius 2 is 1.53 bits per heavy atom. The highest BCUT2D eigenvalue weighted by Crippen LogP contribution is 2.28. The quantitative estimate of drug-likeness (QED) is 0.496. The number of hydrogen-bond donors (Lipinski definition) is 1. The van der Waals surface area contributed by atoms with Gasteiger partial charge in [-0.3, -0.25) is 9.59 Å². The number of carbonyl (C=O) groups excluding carboxylic acids is 2. The predicted molar refractivity (Wildman–Crippen MR) is 128 cm³/mol. The summed E-state index contributed by atoms with van der Waals surface area (Å²) in [5.41, 5.74) is 2.38. The summed E-state index contributed by atoms with van der Waals surface area (Å²) in [6, 6.07) is 20.0. The summed E-state index contributed by atoms with van der Waals surface area (Å²) < 4.78 is 24.1. The molecule has 0 saturated heterocycles. The first kappa shape index (κ1) is 24.8. The summed E-state index contributed by atoms with van der Waals surface area (Å²) in [7, 11) is 4.63. The standard InChI is InChI=1S/C27H29FN2O4/c1-29-27(32)23(15-19-7-5-4-6-8-19)30(18-20-9-12-22(28)13-10-20)26(31)17-21-11-14-24(33-2)25(16-21)34-3/h4-14,16,23H,15,17-18H2,1-3H3,(H,29,32)/t23-/m1/s1. The van der Waals surface area contributed by atoms with E-state index in [2.05, 4.69) is 5.32 Å². The fraction of sp³-hybridized carbons (Fsp3) is 0.259. The minimum atomic E-state index is -0.745. The number of halogens is 1. The van der Waals surface area contributed by atoms with Gasteiger partial charge in [-0.25, -0.2) is 4.39 Å². The highest BCUT2D eigenvalue weighted by Gasteiger charge is 2.30. The van der Waals surface area contributed by atoms with Gasteiger partial charge in [-0.2, -0.15) is 0 Å². The van der Waals surface area contributed by atoms with E-state index in [9.17, 15) is 14.0 Å². The van der Waals surface area contributed by atoms with E-state index in [1.54, 1.807) is 49.4 Å². The van der Waals surface area contributed by atoms with Crippen molar-refractivity contribution in [1.82, 2.24) is 10.2 Å². The second kappa shape index (κ2) is 11.8. The average molecular weight is 465 g/mol. The van der Waals surface area contributed by atoms with Crippen LogP contribution in [0.5, 0.6) is 11.5 Å². The molecule has 0 bridgehead atoms. The minimum Gasteiger partial charge on any atom is -0.493 e. The molecule has 0 aliphatic rings. The molecule has 0 saturated carbocycles. The molecule has 0 aromatic heterocycles. The van der Waals surface area contributed by atoms with Crippen LogP contribution in [0.4, 0.5) is 4.39 Å². The second-order valence-corrected chi connectivity index (χ2v) is 7.83. The highest BCUT2D eigenvalue weighted by molar-refractivity contribution is 5.88. The molecule has 1 atom stereocenters. The molecule has 0 fully saturated rings. The van der Waals surface area contributed by atoms with Gasteiger partial charge in [-0.1, -0.05) is 48.5 Å². The van der Waals surface area contributed by atoms with Crippen LogP contribution >= 0.6 is 0 Å². The Bertz CT molecular complexity index is 1100. The normalized spacial score (nSPS) is 11.4. The van der Waals surface area contributed by atoms with Crippen molar-refractivity contribution in [3.63, 3.8) is 0 Å². The lowest BCUT2D eigenvalue weighted by Crippen LogP contribution is -2.50. The molecule has 7 heteroatoms. The van der Waals surface area contributed by atoms with Crippen LogP contribution in [0, 0.1) is 5.82 Å². The summed E-state index contributed by atoms with van der Waals surface area (Å²) in [6.45, 7) is 0.164. The smallest absolute Gasteiger partial charge is 0.242 e. The Labute approximate surface area is 199 Å². The van der Waals surface area contributed by atoms with Gasteiger partial charge >= 0.3 is 0 Å². The van der Waals surface area contributed by atoms with E-state index in [0.29, 0.717) is 17.9 Å². The topological polar surface area (TPSA) is 67.9 Å².